The fourth-order valence-electron chi connectivity index (χ4n) is 1.76. The lowest BCUT2D eigenvalue weighted by molar-refractivity contribution is -0.145. The van der Waals surface area contributed by atoms with E-state index < -0.39 is 23.2 Å². The van der Waals surface area contributed by atoms with Gasteiger partial charge in [-0.25, -0.2) is 9.59 Å². The van der Waals surface area contributed by atoms with Gasteiger partial charge in [-0.15, -0.1) is 0 Å². The Bertz CT molecular complexity index is 325. The molecule has 0 saturated heterocycles. The Morgan fingerprint density at radius 2 is 1.50 bits per heavy atom. The Balaban J connectivity index is 4.84. The summed E-state index contributed by atoms with van der Waals surface area (Å²) in [5.74, 6) is -1.07. The van der Waals surface area contributed by atoms with E-state index in [0.717, 1.165) is 0 Å². The molecule has 2 N–H and O–H groups in total. The van der Waals surface area contributed by atoms with Crippen molar-refractivity contribution in [3.8, 4) is 0 Å². The third kappa shape index (κ3) is 6.47. The van der Waals surface area contributed by atoms with Crippen LogP contribution < -0.4 is 5.32 Å². The third-order valence-corrected chi connectivity index (χ3v) is 2.13. The van der Waals surface area contributed by atoms with Crippen LogP contribution in [0.5, 0.6) is 0 Å². The van der Waals surface area contributed by atoms with Crippen LogP contribution in [0.3, 0.4) is 0 Å². The molecule has 1 amide bonds. The van der Waals surface area contributed by atoms with E-state index in [1.165, 1.54) is 6.92 Å². The van der Waals surface area contributed by atoms with Crippen LogP contribution in [-0.4, -0.2) is 28.3 Å². The number of amides is 1. The van der Waals surface area contributed by atoms with E-state index in [0.29, 0.717) is 6.42 Å². The topological polar surface area (TPSA) is 75.6 Å². The SMILES string of the molecule is CC(C)(C)C[C@](C)(NC(=O)OC(C)(C)C)C(=O)O. The van der Waals surface area contributed by atoms with Crippen molar-refractivity contribution in [3.05, 3.63) is 0 Å². The molecule has 0 bridgehead atoms. The molecule has 1 atom stereocenters. The number of alkyl carbamates (subject to hydrolysis) is 1. The molecule has 0 aliphatic heterocycles. The molecule has 0 radical (unpaired) electrons. The summed E-state index contributed by atoms with van der Waals surface area (Å²) in [4.78, 5) is 23.0. The summed E-state index contributed by atoms with van der Waals surface area (Å²) in [5.41, 5.74) is -2.20. The molecule has 0 aromatic carbocycles. The smallest absolute Gasteiger partial charge is 0.408 e. The second kappa shape index (κ2) is 5.16. The normalized spacial score (nSPS) is 15.7. The Hall–Kier alpha value is -1.26. The first-order valence-electron chi connectivity index (χ1n) is 6.00. The molecule has 18 heavy (non-hydrogen) atoms. The summed E-state index contributed by atoms with van der Waals surface area (Å²) in [6.45, 7) is 12.4. The summed E-state index contributed by atoms with van der Waals surface area (Å²) in [6, 6.07) is 0. The summed E-state index contributed by atoms with van der Waals surface area (Å²) in [6.07, 6.45) is -0.397. The van der Waals surface area contributed by atoms with Crippen molar-refractivity contribution in [2.45, 2.75) is 66.0 Å². The summed E-state index contributed by atoms with van der Waals surface area (Å²) >= 11 is 0. The van der Waals surface area contributed by atoms with Crippen molar-refractivity contribution in [3.63, 3.8) is 0 Å². The first-order valence-corrected chi connectivity index (χ1v) is 6.00. The summed E-state index contributed by atoms with van der Waals surface area (Å²) in [7, 11) is 0. The number of carboxylic acid groups (broad SMARTS) is 1. The molecule has 5 heteroatoms. The maximum absolute atomic E-state index is 11.7. The fourth-order valence-corrected chi connectivity index (χ4v) is 1.76. The molecule has 0 saturated carbocycles. The monoisotopic (exact) mass is 259 g/mol. The predicted molar refractivity (Wildman–Crippen MR) is 69.5 cm³/mol. The maximum atomic E-state index is 11.7. The average Bonchev–Trinajstić information content (AvgIpc) is 1.94. The van der Waals surface area contributed by atoms with Crippen LogP contribution in [-0.2, 0) is 9.53 Å². The van der Waals surface area contributed by atoms with Crippen molar-refractivity contribution in [1.82, 2.24) is 5.32 Å². The highest BCUT2D eigenvalue weighted by atomic mass is 16.6. The van der Waals surface area contributed by atoms with E-state index in [1.807, 2.05) is 20.8 Å². The van der Waals surface area contributed by atoms with Gasteiger partial charge in [0.15, 0.2) is 0 Å². The van der Waals surface area contributed by atoms with Crippen LogP contribution in [0.25, 0.3) is 0 Å². The van der Waals surface area contributed by atoms with Gasteiger partial charge in [-0.1, -0.05) is 20.8 Å². The predicted octanol–water partition coefficient (Wildman–Crippen LogP) is 2.79. The number of nitrogens with one attached hydrogen (secondary N) is 1. The quantitative estimate of drug-likeness (QED) is 0.817. The Kier molecular flexibility index (Phi) is 4.80. The molecule has 106 valence electrons. The Labute approximate surface area is 109 Å². The number of carbonyl (C=O) groups excluding carboxylic acids is 1. The summed E-state index contributed by atoms with van der Waals surface area (Å²) < 4.78 is 5.08. The number of carbonyl (C=O) groups is 2. The zero-order valence-corrected chi connectivity index (χ0v) is 12.4. The second-order valence-corrected chi connectivity index (χ2v) is 7.00. The molecule has 0 aromatic rings. The molecule has 0 aliphatic carbocycles. The molecule has 0 fully saturated rings. The van der Waals surface area contributed by atoms with E-state index in [-0.39, 0.29) is 5.41 Å². The highest BCUT2D eigenvalue weighted by Gasteiger charge is 2.39. The molecule has 0 aliphatic rings. The minimum absolute atomic E-state index is 0.220. The zero-order chi connectivity index (χ0) is 14.8. The number of carboxylic acids is 1. The van der Waals surface area contributed by atoms with Crippen LogP contribution in [0, 0.1) is 5.41 Å². The van der Waals surface area contributed by atoms with Crippen LogP contribution in [0.1, 0.15) is 54.9 Å². The number of hydrogen-bond donors (Lipinski definition) is 2. The van der Waals surface area contributed by atoms with Gasteiger partial charge in [0.1, 0.15) is 11.1 Å². The Morgan fingerprint density at radius 3 is 1.78 bits per heavy atom. The fraction of sp³-hybridized carbons (Fsp3) is 0.846. The Morgan fingerprint density at radius 1 is 1.06 bits per heavy atom. The van der Waals surface area contributed by atoms with Gasteiger partial charge in [-0.3, -0.25) is 0 Å². The molecule has 0 rings (SSSR count). The van der Waals surface area contributed by atoms with Gasteiger partial charge < -0.3 is 15.2 Å². The molecular weight excluding hydrogens is 234 g/mol. The molecule has 5 nitrogen and oxygen atoms in total. The third-order valence-electron chi connectivity index (χ3n) is 2.13. The molecule has 0 spiro atoms. The number of hydrogen-bond acceptors (Lipinski definition) is 3. The molecular formula is C13H25NO4. The summed E-state index contributed by atoms with van der Waals surface area (Å²) in [5, 5.41) is 11.7. The first-order chi connectivity index (χ1) is 7.75. The van der Waals surface area contributed by atoms with Gasteiger partial charge in [0.2, 0.25) is 0 Å². The van der Waals surface area contributed by atoms with Gasteiger partial charge in [0.05, 0.1) is 0 Å². The lowest BCUT2D eigenvalue weighted by atomic mass is 9.81. The molecule has 0 unspecified atom stereocenters. The largest absolute Gasteiger partial charge is 0.480 e. The standard InChI is InChI=1S/C13H25NO4/c1-11(2,3)8-13(7,9(15)16)14-10(17)18-12(4,5)6/h8H2,1-7H3,(H,14,17)(H,15,16)/t13-/m0/s1. The maximum Gasteiger partial charge on any atom is 0.408 e. The van der Waals surface area contributed by atoms with Crippen molar-refractivity contribution in [2.24, 2.45) is 5.41 Å². The zero-order valence-electron chi connectivity index (χ0n) is 12.4. The minimum Gasteiger partial charge on any atom is -0.480 e. The lowest BCUT2D eigenvalue weighted by Gasteiger charge is -2.33. The van der Waals surface area contributed by atoms with Crippen LogP contribution in [0.15, 0.2) is 0 Å². The van der Waals surface area contributed by atoms with E-state index in [2.05, 4.69) is 5.32 Å². The van der Waals surface area contributed by atoms with Crippen molar-refractivity contribution < 1.29 is 19.4 Å². The van der Waals surface area contributed by atoms with Gasteiger partial charge in [0.25, 0.3) is 0 Å². The molecule has 0 aromatic heterocycles. The number of aliphatic carboxylic acids is 1. The van der Waals surface area contributed by atoms with Crippen molar-refractivity contribution in [1.29, 1.82) is 0 Å². The van der Waals surface area contributed by atoms with Gasteiger partial charge in [0, 0.05) is 0 Å². The minimum atomic E-state index is -1.33. The van der Waals surface area contributed by atoms with Gasteiger partial charge in [-0.2, -0.15) is 0 Å². The van der Waals surface area contributed by atoms with E-state index in [4.69, 9.17) is 4.74 Å². The first kappa shape index (κ1) is 16.7. The van der Waals surface area contributed by atoms with E-state index in [9.17, 15) is 14.7 Å². The average molecular weight is 259 g/mol. The highest BCUT2D eigenvalue weighted by Crippen LogP contribution is 2.27. The number of ether oxygens (including phenoxy) is 1. The van der Waals surface area contributed by atoms with Crippen LogP contribution >= 0.6 is 0 Å². The van der Waals surface area contributed by atoms with E-state index >= 15 is 0 Å². The van der Waals surface area contributed by atoms with Crippen molar-refractivity contribution >= 4 is 12.1 Å². The van der Waals surface area contributed by atoms with Crippen molar-refractivity contribution in [2.75, 3.05) is 0 Å². The van der Waals surface area contributed by atoms with Crippen LogP contribution in [0.4, 0.5) is 4.79 Å². The van der Waals surface area contributed by atoms with Gasteiger partial charge >= 0.3 is 12.1 Å². The highest BCUT2D eigenvalue weighted by molar-refractivity contribution is 5.84. The van der Waals surface area contributed by atoms with E-state index in [1.54, 1.807) is 20.8 Å². The number of rotatable bonds is 3. The van der Waals surface area contributed by atoms with Crippen LogP contribution in [0.2, 0.25) is 0 Å². The van der Waals surface area contributed by atoms with Gasteiger partial charge in [-0.05, 0) is 39.5 Å². The second-order valence-electron chi connectivity index (χ2n) is 7.00. The molecule has 0 heterocycles. The lowest BCUT2D eigenvalue weighted by Crippen LogP contribution is -2.55.